The van der Waals surface area contributed by atoms with Gasteiger partial charge in [0.25, 0.3) is 0 Å². The van der Waals surface area contributed by atoms with Gasteiger partial charge in [-0.3, -0.25) is 0 Å². The van der Waals surface area contributed by atoms with E-state index in [2.05, 4.69) is 34.5 Å². The minimum Gasteiger partial charge on any atom is -0.366 e. The van der Waals surface area contributed by atoms with E-state index >= 15 is 0 Å². The smallest absolute Gasteiger partial charge is 0.364 e. The third-order valence-electron chi connectivity index (χ3n) is 2.28. The van der Waals surface area contributed by atoms with Crippen LogP contribution in [-0.2, 0) is 0 Å². The molecule has 2 aromatic rings. The normalized spacial score (nSPS) is 12.9. The Kier molecular flexibility index (Phi) is 2.40. The van der Waals surface area contributed by atoms with Crippen molar-refractivity contribution in [3.8, 4) is 0 Å². The lowest BCUT2D eigenvalue weighted by Crippen LogP contribution is -2.18. The maximum atomic E-state index is 11.2. The summed E-state index contributed by atoms with van der Waals surface area (Å²) in [4.78, 5) is 11.2. The van der Waals surface area contributed by atoms with Crippen molar-refractivity contribution in [2.45, 2.75) is 26.3 Å². The molecule has 1 unspecified atom stereocenters. The molecule has 2 heterocycles. The number of aromatic amines is 1. The number of hydrogen-bond donors (Lipinski definition) is 2. The lowest BCUT2D eigenvalue weighted by Gasteiger charge is -2.11. The summed E-state index contributed by atoms with van der Waals surface area (Å²) < 4.78 is 1.24. The van der Waals surface area contributed by atoms with Gasteiger partial charge in [0, 0.05) is 6.04 Å². The Morgan fingerprint density at radius 1 is 1.60 bits per heavy atom. The molecule has 0 aliphatic rings. The van der Waals surface area contributed by atoms with Gasteiger partial charge < -0.3 is 5.32 Å². The predicted octanol–water partition coefficient (Wildman–Crippen LogP) is 0.628. The minimum absolute atomic E-state index is 0.321. The van der Waals surface area contributed by atoms with E-state index in [0.717, 1.165) is 6.42 Å². The predicted molar refractivity (Wildman–Crippen MR) is 57.0 cm³/mol. The Hall–Kier alpha value is -1.85. The highest BCUT2D eigenvalue weighted by atomic mass is 16.2. The van der Waals surface area contributed by atoms with Crippen LogP contribution in [0.3, 0.4) is 0 Å². The monoisotopic (exact) mass is 207 g/mol. The molecule has 0 fully saturated rings. The average molecular weight is 207 g/mol. The molecular weight excluding hydrogens is 194 g/mol. The van der Waals surface area contributed by atoms with Gasteiger partial charge in [0.15, 0.2) is 5.65 Å². The molecule has 0 aromatic carbocycles. The lowest BCUT2D eigenvalue weighted by molar-refractivity contribution is 0.749. The standard InChI is InChI=1S/C9H13N5O/c1-3-6(2)10-7-4-5-8-11-12-9(15)14(8)13-7/h4-6H,3H2,1-2H3,(H,10,13)(H,12,15). The molecule has 0 amide bonds. The second kappa shape index (κ2) is 3.72. The average Bonchev–Trinajstić information content (AvgIpc) is 2.60. The van der Waals surface area contributed by atoms with Crippen molar-refractivity contribution in [1.29, 1.82) is 0 Å². The van der Waals surface area contributed by atoms with Crippen LogP contribution in [0.15, 0.2) is 16.9 Å². The van der Waals surface area contributed by atoms with Gasteiger partial charge in [-0.15, -0.1) is 5.10 Å². The molecule has 0 radical (unpaired) electrons. The lowest BCUT2D eigenvalue weighted by atomic mass is 10.2. The number of anilines is 1. The first-order valence-corrected chi connectivity index (χ1v) is 4.91. The zero-order valence-electron chi connectivity index (χ0n) is 8.69. The minimum atomic E-state index is -0.321. The fourth-order valence-electron chi connectivity index (χ4n) is 1.23. The van der Waals surface area contributed by atoms with E-state index in [0.29, 0.717) is 17.5 Å². The van der Waals surface area contributed by atoms with Crippen LogP contribution < -0.4 is 11.0 Å². The molecule has 6 heteroatoms. The van der Waals surface area contributed by atoms with E-state index in [-0.39, 0.29) is 5.69 Å². The number of nitrogens with zero attached hydrogens (tertiary/aromatic N) is 3. The van der Waals surface area contributed by atoms with Crippen LogP contribution in [0.2, 0.25) is 0 Å². The van der Waals surface area contributed by atoms with E-state index < -0.39 is 0 Å². The Morgan fingerprint density at radius 3 is 3.13 bits per heavy atom. The zero-order chi connectivity index (χ0) is 10.8. The Bertz CT molecular complexity index is 514. The summed E-state index contributed by atoms with van der Waals surface area (Å²) in [5.41, 5.74) is 0.201. The largest absolute Gasteiger partial charge is 0.366 e. The molecule has 0 saturated heterocycles. The van der Waals surface area contributed by atoms with Crippen LogP contribution in [0.5, 0.6) is 0 Å². The molecular formula is C9H13N5O. The van der Waals surface area contributed by atoms with Gasteiger partial charge in [0.05, 0.1) is 0 Å². The molecule has 0 spiro atoms. The molecule has 80 valence electrons. The third-order valence-corrected chi connectivity index (χ3v) is 2.28. The maximum absolute atomic E-state index is 11.2. The molecule has 2 N–H and O–H groups in total. The highest BCUT2D eigenvalue weighted by Gasteiger charge is 2.04. The molecule has 0 saturated carbocycles. The Labute approximate surface area is 86.3 Å². The summed E-state index contributed by atoms with van der Waals surface area (Å²) in [6, 6.07) is 3.88. The SMILES string of the molecule is CCC(C)Nc1ccc2n[nH]c(=O)n2n1. The number of rotatable bonds is 3. The van der Waals surface area contributed by atoms with Gasteiger partial charge in [-0.05, 0) is 25.5 Å². The third kappa shape index (κ3) is 1.83. The summed E-state index contributed by atoms with van der Waals surface area (Å²) in [6.07, 6.45) is 1.00. The summed E-state index contributed by atoms with van der Waals surface area (Å²) in [7, 11) is 0. The van der Waals surface area contributed by atoms with Crippen LogP contribution >= 0.6 is 0 Å². The second-order valence-electron chi connectivity index (χ2n) is 3.47. The maximum Gasteiger partial charge on any atom is 0.364 e. The first-order valence-electron chi connectivity index (χ1n) is 4.91. The first kappa shape index (κ1) is 9.70. The van der Waals surface area contributed by atoms with Gasteiger partial charge in [0.1, 0.15) is 5.82 Å². The topological polar surface area (TPSA) is 75.1 Å². The summed E-state index contributed by atoms with van der Waals surface area (Å²) in [6.45, 7) is 4.14. The molecule has 15 heavy (non-hydrogen) atoms. The molecule has 0 aliphatic carbocycles. The van der Waals surface area contributed by atoms with Crippen LogP contribution in [0.25, 0.3) is 5.65 Å². The second-order valence-corrected chi connectivity index (χ2v) is 3.47. The van der Waals surface area contributed by atoms with Crippen molar-refractivity contribution in [2.75, 3.05) is 5.32 Å². The molecule has 1 atom stereocenters. The van der Waals surface area contributed by atoms with Crippen LogP contribution in [0.1, 0.15) is 20.3 Å². The number of fused-ring (bicyclic) bond motifs is 1. The summed E-state index contributed by atoms with van der Waals surface area (Å²) >= 11 is 0. The zero-order valence-corrected chi connectivity index (χ0v) is 8.69. The number of hydrogen-bond acceptors (Lipinski definition) is 4. The van der Waals surface area contributed by atoms with Gasteiger partial charge in [-0.2, -0.15) is 9.61 Å². The van der Waals surface area contributed by atoms with Crippen molar-refractivity contribution in [3.05, 3.63) is 22.6 Å². The summed E-state index contributed by atoms with van der Waals surface area (Å²) in [5.74, 6) is 0.681. The number of nitrogens with one attached hydrogen (secondary N) is 2. The fraction of sp³-hybridized carbons (Fsp3) is 0.444. The van der Waals surface area contributed by atoms with Crippen molar-refractivity contribution < 1.29 is 0 Å². The van der Waals surface area contributed by atoms with Gasteiger partial charge in [0.2, 0.25) is 0 Å². The van der Waals surface area contributed by atoms with E-state index in [4.69, 9.17) is 0 Å². The van der Waals surface area contributed by atoms with Crippen LogP contribution in [0, 0.1) is 0 Å². The highest BCUT2D eigenvalue weighted by Crippen LogP contribution is 2.05. The van der Waals surface area contributed by atoms with Crippen LogP contribution in [-0.4, -0.2) is 25.9 Å². The van der Waals surface area contributed by atoms with Crippen molar-refractivity contribution in [3.63, 3.8) is 0 Å². The Morgan fingerprint density at radius 2 is 2.40 bits per heavy atom. The summed E-state index contributed by atoms with van der Waals surface area (Å²) in [5, 5.41) is 13.4. The van der Waals surface area contributed by atoms with Gasteiger partial charge >= 0.3 is 5.69 Å². The molecule has 0 bridgehead atoms. The molecule has 0 aliphatic heterocycles. The number of H-pyrrole nitrogens is 1. The van der Waals surface area contributed by atoms with E-state index in [1.54, 1.807) is 6.07 Å². The molecule has 2 rings (SSSR count). The van der Waals surface area contributed by atoms with Crippen molar-refractivity contribution >= 4 is 11.5 Å². The highest BCUT2D eigenvalue weighted by molar-refractivity contribution is 5.43. The Balaban J connectivity index is 2.37. The first-order chi connectivity index (χ1) is 7.20. The van der Waals surface area contributed by atoms with Crippen molar-refractivity contribution in [2.24, 2.45) is 0 Å². The number of aromatic nitrogens is 4. The van der Waals surface area contributed by atoms with Crippen molar-refractivity contribution in [1.82, 2.24) is 19.8 Å². The van der Waals surface area contributed by atoms with Crippen LogP contribution in [0.4, 0.5) is 5.82 Å². The molecule has 6 nitrogen and oxygen atoms in total. The van der Waals surface area contributed by atoms with E-state index in [1.165, 1.54) is 4.52 Å². The quantitative estimate of drug-likeness (QED) is 0.774. The molecule has 2 aromatic heterocycles. The fourth-order valence-corrected chi connectivity index (χ4v) is 1.23. The van der Waals surface area contributed by atoms with Gasteiger partial charge in [-0.25, -0.2) is 9.89 Å². The van der Waals surface area contributed by atoms with E-state index in [1.807, 2.05) is 6.07 Å². The van der Waals surface area contributed by atoms with Gasteiger partial charge in [-0.1, -0.05) is 6.92 Å². The van der Waals surface area contributed by atoms with E-state index in [9.17, 15) is 4.79 Å².